The third-order valence-corrected chi connectivity index (χ3v) is 15.3. The highest BCUT2D eigenvalue weighted by Crippen LogP contribution is 2.68. The lowest BCUT2D eigenvalue weighted by Crippen LogP contribution is -2.82. The Balaban J connectivity index is 1.25. The minimum Gasteiger partial charge on any atom is -0.482 e. The number of benzene rings is 2. The van der Waals surface area contributed by atoms with Crippen molar-refractivity contribution in [3.63, 3.8) is 0 Å². The van der Waals surface area contributed by atoms with E-state index in [2.05, 4.69) is 16.2 Å². The Morgan fingerprint density at radius 2 is 1.69 bits per heavy atom. The van der Waals surface area contributed by atoms with Crippen LogP contribution in [-0.2, 0) is 25.5 Å². The molecular formula is C54H64N4O14. The summed E-state index contributed by atoms with van der Waals surface area (Å²) in [6.45, 7) is 15.0. The highest BCUT2D eigenvalue weighted by Gasteiger charge is 2.79. The van der Waals surface area contributed by atoms with Crippen molar-refractivity contribution in [3.05, 3.63) is 93.9 Å². The molecular weight excluding hydrogens is 929 g/mol. The van der Waals surface area contributed by atoms with E-state index in [1.165, 1.54) is 43.8 Å². The number of fused-ring (bicyclic) bond motifs is 6. The summed E-state index contributed by atoms with van der Waals surface area (Å²) >= 11 is 0. The van der Waals surface area contributed by atoms with E-state index in [1.807, 2.05) is 66.7 Å². The molecule has 3 aromatic rings. The molecule has 18 nitrogen and oxygen atoms in total. The molecule has 2 aromatic carbocycles. The first-order valence-corrected chi connectivity index (χ1v) is 24.5. The van der Waals surface area contributed by atoms with Gasteiger partial charge in [0.15, 0.2) is 22.7 Å². The van der Waals surface area contributed by atoms with Crippen LogP contribution in [0.25, 0.3) is 6.08 Å². The molecule has 5 heterocycles. The molecule has 0 radical (unpaired) electrons. The standard InChI is InChI=1S/C54H64N4O14/c1-26(2)11-10-20-52(8)21-19-33-44(71-52)32(17-12-27(3)4)46-37(45(33)70-49(65)30-13-15-31(16-14-30)68-50-43(62)42(61)41(60)36(24-59)69-50)39-38-40(58-51(57-39)55-25-56-58)34-23-35(28(5)6)54(38,72-46)53(66,47(34)63)22-18-29(7)48(64)67-9/h11-16,18-19,21,25,28,34-36,38,40-43,50,59-62,66H,10,17,20,22-24H2,1-9H3/t34?,35?,36-,38?,40?,41-,42+,43-,50-,52?,53?,54?/m0/s1. The number of rotatable bonds is 14. The number of Topliss-reactive ketones (excluding diaryl/α,β-unsaturated/α-hetero) is 1. The van der Waals surface area contributed by atoms with E-state index in [1.54, 1.807) is 11.6 Å². The van der Waals surface area contributed by atoms with Gasteiger partial charge in [0.1, 0.15) is 53.6 Å². The fraction of sp³-hybridized carbons (Fsp3) is 0.519. The average molecular weight is 993 g/mol. The van der Waals surface area contributed by atoms with Crippen molar-refractivity contribution in [2.45, 2.75) is 141 Å². The third kappa shape index (κ3) is 8.29. The van der Waals surface area contributed by atoms with Crippen LogP contribution in [0.5, 0.6) is 23.0 Å². The minimum atomic E-state index is -2.22. The van der Waals surface area contributed by atoms with E-state index in [4.69, 9.17) is 33.4 Å². The van der Waals surface area contributed by atoms with Crippen LogP contribution in [0.15, 0.2) is 76.6 Å². The lowest BCUT2D eigenvalue weighted by atomic mass is 9.43. The number of carbonyl (C=O) groups excluding carboxylic acids is 3. The van der Waals surface area contributed by atoms with Crippen molar-refractivity contribution in [1.82, 2.24) is 14.8 Å². The molecule has 1 aromatic heterocycles. The van der Waals surface area contributed by atoms with Crippen LogP contribution in [0.4, 0.5) is 5.95 Å². The first-order chi connectivity index (χ1) is 34.2. The van der Waals surface area contributed by atoms with Gasteiger partial charge in [0.05, 0.1) is 48.1 Å². The summed E-state index contributed by atoms with van der Waals surface area (Å²) in [6.07, 6.45) is 5.01. The predicted octanol–water partition coefficient (Wildman–Crippen LogP) is 5.63. The zero-order valence-corrected chi connectivity index (χ0v) is 42.0. The van der Waals surface area contributed by atoms with Crippen LogP contribution < -0.4 is 18.9 Å². The van der Waals surface area contributed by atoms with Gasteiger partial charge in [-0.05, 0) is 110 Å². The molecule has 1 spiro atoms. The molecule has 72 heavy (non-hydrogen) atoms. The van der Waals surface area contributed by atoms with Crippen molar-refractivity contribution in [2.75, 3.05) is 13.7 Å². The molecule has 5 N–H and O–H groups in total. The number of allylic oxidation sites excluding steroid dienone is 4. The van der Waals surface area contributed by atoms with Crippen LogP contribution in [0, 0.1) is 23.7 Å². The summed E-state index contributed by atoms with van der Waals surface area (Å²) in [5.74, 6) is -3.12. The van der Waals surface area contributed by atoms with E-state index in [0.29, 0.717) is 47.4 Å². The molecule has 4 aliphatic heterocycles. The number of nitrogens with zero attached hydrogens (tertiary/aromatic N) is 4. The maximum atomic E-state index is 15.3. The number of carbonyl (C=O) groups is 3. The molecule has 384 valence electrons. The van der Waals surface area contributed by atoms with Crippen LogP contribution in [0.2, 0.25) is 0 Å². The van der Waals surface area contributed by atoms with Crippen LogP contribution in [0.1, 0.15) is 114 Å². The van der Waals surface area contributed by atoms with Crippen LogP contribution in [-0.4, -0.2) is 125 Å². The number of aromatic nitrogens is 3. The largest absolute Gasteiger partial charge is 0.482 e. The fourth-order valence-corrected chi connectivity index (χ4v) is 11.6. The maximum Gasteiger partial charge on any atom is 0.343 e. The number of aliphatic imine (C=N–C) groups is 1. The second-order valence-corrected chi connectivity index (χ2v) is 20.9. The molecule has 4 fully saturated rings. The first-order valence-electron chi connectivity index (χ1n) is 24.5. The molecule has 0 amide bonds. The number of methoxy groups -OCH3 is 1. The fourth-order valence-electron chi connectivity index (χ4n) is 11.6. The quantitative estimate of drug-likeness (QED) is 0.0568. The molecule has 18 heteroatoms. The summed E-state index contributed by atoms with van der Waals surface area (Å²) < 4.78 is 39.4. The predicted molar refractivity (Wildman–Crippen MR) is 261 cm³/mol. The van der Waals surface area contributed by atoms with Gasteiger partial charge in [-0.1, -0.05) is 43.2 Å². The Hall–Kier alpha value is -6.02. The van der Waals surface area contributed by atoms with E-state index in [0.717, 1.165) is 11.1 Å². The van der Waals surface area contributed by atoms with Gasteiger partial charge in [-0.25, -0.2) is 19.3 Å². The van der Waals surface area contributed by atoms with Crippen molar-refractivity contribution >= 4 is 35.5 Å². The second kappa shape index (κ2) is 19.1. The lowest BCUT2D eigenvalue weighted by molar-refractivity contribution is -0.277. The number of hydrogen-bond acceptors (Lipinski definition) is 17. The zero-order chi connectivity index (χ0) is 51.8. The molecule has 2 bridgehead atoms. The smallest absolute Gasteiger partial charge is 0.343 e. The third-order valence-electron chi connectivity index (χ3n) is 15.3. The van der Waals surface area contributed by atoms with Crippen LogP contribution >= 0.6 is 0 Å². The van der Waals surface area contributed by atoms with E-state index < -0.39 is 95.6 Å². The van der Waals surface area contributed by atoms with Gasteiger partial charge < -0.3 is 54.0 Å². The SMILES string of the molecule is COC(=O)C(C)=CCC1(O)C(=O)C2CC(C(C)C)C13Oc1c(CC=C(C)C)c4c(c(OC(=O)c5ccc(O[C@H]6O[C@@H](CO)[C@H](O)[C@@H](O)[C@@H]6O)cc5)c1C1=Nc5ncnn5C2C13)C=CC(C)(CCC=C(C)C)O4. The van der Waals surface area contributed by atoms with Gasteiger partial charge in [0, 0.05) is 29.4 Å². The van der Waals surface area contributed by atoms with Gasteiger partial charge in [-0.3, -0.25) is 4.79 Å². The van der Waals surface area contributed by atoms with Crippen molar-refractivity contribution in [2.24, 2.45) is 28.7 Å². The molecule has 1 saturated heterocycles. The number of aliphatic hydroxyl groups is 5. The van der Waals surface area contributed by atoms with E-state index in [-0.39, 0.29) is 53.1 Å². The Bertz CT molecular complexity index is 2820. The number of ketones is 1. The molecule has 7 unspecified atom stereocenters. The van der Waals surface area contributed by atoms with E-state index in [9.17, 15) is 35.1 Å². The Labute approximate surface area is 417 Å². The Morgan fingerprint density at radius 1 is 0.972 bits per heavy atom. The summed E-state index contributed by atoms with van der Waals surface area (Å²) in [5, 5.41) is 59.1. The average Bonchev–Trinajstić information content (AvgIpc) is 3.83. The van der Waals surface area contributed by atoms with Gasteiger partial charge >= 0.3 is 11.9 Å². The molecule has 7 aliphatic rings. The number of aliphatic hydroxyl groups excluding tert-OH is 4. The second-order valence-electron chi connectivity index (χ2n) is 20.9. The summed E-state index contributed by atoms with van der Waals surface area (Å²) in [4.78, 5) is 52.7. The number of ether oxygens (including phenoxy) is 6. The minimum absolute atomic E-state index is 0.0642. The van der Waals surface area contributed by atoms with Gasteiger partial charge in [-0.2, -0.15) is 10.1 Å². The normalized spacial score (nSPS) is 31.7. The molecule has 10 rings (SSSR count). The summed E-state index contributed by atoms with van der Waals surface area (Å²) in [6, 6.07) is 5.06. The van der Waals surface area contributed by atoms with Crippen molar-refractivity contribution in [3.8, 4) is 23.0 Å². The lowest BCUT2D eigenvalue weighted by Gasteiger charge is -2.67. The summed E-state index contributed by atoms with van der Waals surface area (Å²) in [5.41, 5.74) is -0.635. The zero-order valence-electron chi connectivity index (χ0n) is 42.0. The number of hydrogen-bond donors (Lipinski definition) is 5. The highest BCUT2D eigenvalue weighted by atomic mass is 16.7. The Kier molecular flexibility index (Phi) is 13.5. The molecule has 12 atom stereocenters. The van der Waals surface area contributed by atoms with Crippen molar-refractivity contribution in [1.29, 1.82) is 0 Å². The number of esters is 2. The maximum absolute atomic E-state index is 15.3. The van der Waals surface area contributed by atoms with E-state index >= 15 is 4.79 Å². The highest BCUT2D eigenvalue weighted by molar-refractivity contribution is 6.14. The molecule has 3 aliphatic carbocycles. The Morgan fingerprint density at radius 3 is 2.36 bits per heavy atom. The van der Waals surface area contributed by atoms with Gasteiger partial charge in [0.2, 0.25) is 12.2 Å². The monoisotopic (exact) mass is 992 g/mol. The summed E-state index contributed by atoms with van der Waals surface area (Å²) in [7, 11) is 1.27. The van der Waals surface area contributed by atoms with Crippen LogP contribution in [0.3, 0.4) is 0 Å². The topological polar surface area (TPSA) is 251 Å². The first kappa shape index (κ1) is 50.9. The van der Waals surface area contributed by atoms with Gasteiger partial charge in [-0.15, -0.1) is 0 Å². The van der Waals surface area contributed by atoms with Crippen molar-refractivity contribution < 1.29 is 68.3 Å². The van der Waals surface area contributed by atoms with Gasteiger partial charge in [0.25, 0.3) is 0 Å². The molecule has 3 saturated carbocycles.